The minimum absolute atomic E-state index is 0.0347. The van der Waals surface area contributed by atoms with Crippen molar-refractivity contribution < 1.29 is 14.7 Å². The van der Waals surface area contributed by atoms with Crippen LogP contribution >= 0.6 is 0 Å². The number of aliphatic carboxylic acids is 1. The Morgan fingerprint density at radius 1 is 1.29 bits per heavy atom. The first-order valence-corrected chi connectivity index (χ1v) is 4.72. The van der Waals surface area contributed by atoms with Crippen molar-refractivity contribution in [1.82, 2.24) is 4.90 Å². The van der Waals surface area contributed by atoms with Crippen LogP contribution in [0, 0.1) is 17.3 Å². The lowest BCUT2D eigenvalue weighted by Crippen LogP contribution is -2.54. The molecule has 0 aromatic carbocycles. The fraction of sp³-hybridized carbons (Fsp3) is 0.800. The highest BCUT2D eigenvalue weighted by Gasteiger charge is 2.55. The molecule has 14 heavy (non-hydrogen) atoms. The van der Waals surface area contributed by atoms with Gasteiger partial charge in [-0.2, -0.15) is 0 Å². The molecular weight excluding hydrogens is 182 g/mol. The van der Waals surface area contributed by atoms with Crippen LogP contribution in [0.25, 0.3) is 0 Å². The second-order valence-electron chi connectivity index (χ2n) is 4.73. The highest BCUT2D eigenvalue weighted by molar-refractivity contribution is 5.84. The number of carboxylic acid groups (broad SMARTS) is 1. The molecule has 0 heterocycles. The van der Waals surface area contributed by atoms with Crippen LogP contribution in [-0.2, 0) is 9.59 Å². The first kappa shape index (κ1) is 11.0. The molecule has 0 aromatic rings. The minimum Gasteiger partial charge on any atom is -0.481 e. The molecule has 1 rings (SSSR count). The summed E-state index contributed by atoms with van der Waals surface area (Å²) in [5.41, 5.74) is -0.410. The summed E-state index contributed by atoms with van der Waals surface area (Å²) in [5, 5.41) is 8.88. The third-order valence-electron chi connectivity index (χ3n) is 3.30. The number of nitrogens with zero attached hydrogens (tertiary/aromatic N) is 1. The van der Waals surface area contributed by atoms with Crippen molar-refractivity contribution in [3.05, 3.63) is 0 Å². The Morgan fingerprint density at radius 2 is 1.79 bits per heavy atom. The summed E-state index contributed by atoms with van der Waals surface area (Å²) in [5.74, 6) is -1.28. The second-order valence-corrected chi connectivity index (χ2v) is 4.73. The van der Waals surface area contributed by atoms with Crippen LogP contribution < -0.4 is 0 Å². The summed E-state index contributed by atoms with van der Waals surface area (Å²) in [6, 6.07) is 0. The van der Waals surface area contributed by atoms with Crippen molar-refractivity contribution in [2.24, 2.45) is 17.3 Å². The van der Waals surface area contributed by atoms with Gasteiger partial charge in [0.1, 0.15) is 0 Å². The first-order valence-electron chi connectivity index (χ1n) is 4.72. The molecule has 1 aliphatic carbocycles. The summed E-state index contributed by atoms with van der Waals surface area (Å²) < 4.78 is 0. The van der Waals surface area contributed by atoms with E-state index in [0.29, 0.717) is 6.42 Å². The van der Waals surface area contributed by atoms with Crippen molar-refractivity contribution in [1.29, 1.82) is 0 Å². The predicted octanol–water partition coefficient (Wildman–Crippen LogP) is 0.821. The van der Waals surface area contributed by atoms with Crippen molar-refractivity contribution in [3.8, 4) is 0 Å². The number of carboxylic acids is 1. The van der Waals surface area contributed by atoms with Gasteiger partial charge in [-0.15, -0.1) is 0 Å². The van der Waals surface area contributed by atoms with Crippen LogP contribution in [0.1, 0.15) is 20.3 Å². The minimum atomic E-state index is -0.794. The summed E-state index contributed by atoms with van der Waals surface area (Å²) in [6.07, 6.45) is 0.472. The van der Waals surface area contributed by atoms with Gasteiger partial charge in [0, 0.05) is 20.0 Å². The Hall–Kier alpha value is -1.06. The molecule has 0 spiro atoms. The molecule has 4 heteroatoms. The molecule has 0 saturated heterocycles. The molecule has 2 atom stereocenters. The summed E-state index contributed by atoms with van der Waals surface area (Å²) >= 11 is 0. The van der Waals surface area contributed by atoms with Crippen molar-refractivity contribution in [2.75, 3.05) is 14.1 Å². The lowest BCUT2D eigenvalue weighted by atomic mass is 9.54. The maximum Gasteiger partial charge on any atom is 0.307 e. The molecule has 1 fully saturated rings. The molecule has 1 amide bonds. The third-order valence-corrected chi connectivity index (χ3v) is 3.30. The van der Waals surface area contributed by atoms with E-state index in [2.05, 4.69) is 0 Å². The Bertz CT molecular complexity index is 271. The number of carbonyl (C=O) groups is 2. The zero-order valence-corrected chi connectivity index (χ0v) is 9.07. The van der Waals surface area contributed by atoms with E-state index in [4.69, 9.17) is 5.11 Å². The van der Waals surface area contributed by atoms with Crippen molar-refractivity contribution in [3.63, 3.8) is 0 Å². The zero-order chi connectivity index (χ0) is 11.1. The number of hydrogen-bond acceptors (Lipinski definition) is 2. The van der Waals surface area contributed by atoms with Crippen LogP contribution in [0.4, 0.5) is 0 Å². The first-order chi connectivity index (χ1) is 6.28. The predicted molar refractivity (Wildman–Crippen MR) is 51.7 cm³/mol. The Balaban J connectivity index is 2.72. The van der Waals surface area contributed by atoms with Gasteiger partial charge in [0.2, 0.25) is 5.91 Å². The fourth-order valence-corrected chi connectivity index (χ4v) is 2.08. The van der Waals surface area contributed by atoms with Gasteiger partial charge in [0.05, 0.1) is 5.92 Å². The van der Waals surface area contributed by atoms with Gasteiger partial charge in [-0.3, -0.25) is 9.59 Å². The van der Waals surface area contributed by atoms with Crippen molar-refractivity contribution in [2.45, 2.75) is 20.3 Å². The lowest BCUT2D eigenvalue weighted by Gasteiger charge is -2.49. The Labute approximate surface area is 83.9 Å². The average molecular weight is 199 g/mol. The van der Waals surface area contributed by atoms with Gasteiger partial charge in [-0.1, -0.05) is 13.8 Å². The largest absolute Gasteiger partial charge is 0.481 e. The van der Waals surface area contributed by atoms with Crippen molar-refractivity contribution >= 4 is 11.9 Å². The van der Waals surface area contributed by atoms with Crippen LogP contribution in [0.15, 0.2) is 0 Å². The molecule has 1 aliphatic rings. The topological polar surface area (TPSA) is 57.6 Å². The molecule has 1 N–H and O–H groups in total. The monoisotopic (exact) mass is 199 g/mol. The van der Waals surface area contributed by atoms with E-state index in [1.807, 2.05) is 13.8 Å². The summed E-state index contributed by atoms with van der Waals surface area (Å²) in [4.78, 5) is 24.0. The fourth-order valence-electron chi connectivity index (χ4n) is 2.08. The number of amides is 1. The molecular formula is C10H17NO3. The number of hydrogen-bond donors (Lipinski definition) is 1. The van der Waals surface area contributed by atoms with Gasteiger partial charge < -0.3 is 10.0 Å². The summed E-state index contributed by atoms with van der Waals surface area (Å²) in [7, 11) is 3.40. The standard InChI is InChI=1S/C10H17NO3/c1-10(2)6(8(12)11(3)4)5-7(10)9(13)14/h6-7H,5H2,1-4H3,(H,13,14)/t6-,7+/m0/s1. The van der Waals surface area contributed by atoms with E-state index in [-0.39, 0.29) is 17.7 Å². The maximum absolute atomic E-state index is 11.6. The maximum atomic E-state index is 11.6. The Kier molecular flexibility index (Phi) is 2.56. The molecule has 1 saturated carbocycles. The van der Waals surface area contributed by atoms with E-state index in [1.54, 1.807) is 14.1 Å². The number of carbonyl (C=O) groups excluding carboxylic acids is 1. The molecule has 0 aliphatic heterocycles. The van der Waals surface area contributed by atoms with Gasteiger partial charge in [0.15, 0.2) is 0 Å². The van der Waals surface area contributed by atoms with E-state index >= 15 is 0 Å². The highest BCUT2D eigenvalue weighted by atomic mass is 16.4. The van der Waals surface area contributed by atoms with Crippen LogP contribution in [0.5, 0.6) is 0 Å². The van der Waals surface area contributed by atoms with E-state index < -0.39 is 11.4 Å². The Morgan fingerprint density at radius 3 is 2.07 bits per heavy atom. The lowest BCUT2D eigenvalue weighted by molar-refractivity contribution is -0.166. The van der Waals surface area contributed by atoms with Gasteiger partial charge >= 0.3 is 5.97 Å². The quantitative estimate of drug-likeness (QED) is 0.716. The highest BCUT2D eigenvalue weighted by Crippen LogP contribution is 2.51. The molecule has 4 nitrogen and oxygen atoms in total. The van der Waals surface area contributed by atoms with Crippen LogP contribution in [0.2, 0.25) is 0 Å². The second kappa shape index (κ2) is 3.26. The van der Waals surface area contributed by atoms with Gasteiger partial charge in [0.25, 0.3) is 0 Å². The molecule has 0 unspecified atom stereocenters. The van der Waals surface area contributed by atoms with E-state index in [1.165, 1.54) is 4.90 Å². The molecule has 80 valence electrons. The van der Waals surface area contributed by atoms with Gasteiger partial charge in [-0.25, -0.2) is 0 Å². The smallest absolute Gasteiger partial charge is 0.307 e. The van der Waals surface area contributed by atoms with E-state index in [9.17, 15) is 9.59 Å². The molecule has 0 bridgehead atoms. The van der Waals surface area contributed by atoms with Crippen LogP contribution in [-0.4, -0.2) is 36.0 Å². The van der Waals surface area contributed by atoms with Gasteiger partial charge in [-0.05, 0) is 11.8 Å². The molecule has 0 aromatic heterocycles. The average Bonchev–Trinajstić information content (AvgIpc) is 2.01. The normalized spacial score (nSPS) is 29.1. The van der Waals surface area contributed by atoms with E-state index in [0.717, 1.165) is 0 Å². The summed E-state index contributed by atoms with van der Waals surface area (Å²) in [6.45, 7) is 3.70. The SMILES string of the molecule is CN(C)C(=O)[C@@H]1C[C@H](C(=O)O)C1(C)C. The zero-order valence-electron chi connectivity index (χ0n) is 9.07. The third kappa shape index (κ3) is 1.49. The van der Waals surface area contributed by atoms with Crippen LogP contribution in [0.3, 0.4) is 0 Å². The number of rotatable bonds is 2. The molecule has 0 radical (unpaired) electrons.